The van der Waals surface area contributed by atoms with E-state index >= 15 is 0 Å². The fourth-order valence-corrected chi connectivity index (χ4v) is 2.41. The van der Waals surface area contributed by atoms with Crippen molar-refractivity contribution in [3.63, 3.8) is 0 Å². The minimum atomic E-state index is -0.488. The standard InChI is InChI=1S/C19H16O5/c1-22-14-7-8-17(23-2)15(11-14)18-10-13(19(21)24-18)9-12-5-3-4-6-16(12)20/h3-11,20H,1-2H3/b13-9-. The molecule has 1 heterocycles. The molecule has 0 radical (unpaired) electrons. The van der Waals surface area contributed by atoms with Gasteiger partial charge in [-0.3, -0.25) is 0 Å². The number of rotatable bonds is 4. The van der Waals surface area contributed by atoms with Gasteiger partial charge in [0.2, 0.25) is 0 Å². The summed E-state index contributed by atoms with van der Waals surface area (Å²) in [5.41, 5.74) is 1.50. The first kappa shape index (κ1) is 15.7. The van der Waals surface area contributed by atoms with Crippen LogP contribution in [0.3, 0.4) is 0 Å². The lowest BCUT2D eigenvalue weighted by atomic mass is 10.1. The maximum absolute atomic E-state index is 12.1. The van der Waals surface area contributed by atoms with Crippen molar-refractivity contribution in [1.29, 1.82) is 0 Å². The highest BCUT2D eigenvalue weighted by Crippen LogP contribution is 2.35. The molecule has 1 N–H and O–H groups in total. The summed E-state index contributed by atoms with van der Waals surface area (Å²) in [6, 6.07) is 12.0. The van der Waals surface area contributed by atoms with Crippen LogP contribution < -0.4 is 9.47 Å². The van der Waals surface area contributed by atoms with Gasteiger partial charge in [-0.1, -0.05) is 18.2 Å². The number of hydrogen-bond donors (Lipinski definition) is 1. The number of phenolic OH excluding ortho intramolecular Hbond substituents is 1. The Bertz CT molecular complexity index is 849. The molecule has 0 saturated heterocycles. The lowest BCUT2D eigenvalue weighted by molar-refractivity contribution is -0.130. The normalized spacial score (nSPS) is 15.2. The Labute approximate surface area is 139 Å². The smallest absolute Gasteiger partial charge is 0.343 e. The maximum atomic E-state index is 12.1. The van der Waals surface area contributed by atoms with Crippen molar-refractivity contribution >= 4 is 17.8 Å². The molecule has 0 spiro atoms. The van der Waals surface area contributed by atoms with Crippen LogP contribution in [-0.2, 0) is 9.53 Å². The molecule has 1 aliphatic rings. The van der Waals surface area contributed by atoms with Crippen molar-refractivity contribution < 1.29 is 24.1 Å². The van der Waals surface area contributed by atoms with E-state index < -0.39 is 5.97 Å². The second-order valence-electron chi connectivity index (χ2n) is 5.12. The number of phenols is 1. The predicted molar refractivity (Wildman–Crippen MR) is 89.7 cm³/mol. The summed E-state index contributed by atoms with van der Waals surface area (Å²) in [6.45, 7) is 0. The number of cyclic esters (lactones) is 1. The minimum Gasteiger partial charge on any atom is -0.507 e. The Morgan fingerprint density at radius 2 is 1.88 bits per heavy atom. The Balaban J connectivity index is 2.02. The van der Waals surface area contributed by atoms with Gasteiger partial charge in [-0.25, -0.2) is 4.79 Å². The first-order valence-electron chi connectivity index (χ1n) is 7.28. The van der Waals surface area contributed by atoms with Gasteiger partial charge in [0, 0.05) is 5.56 Å². The lowest BCUT2D eigenvalue weighted by Gasteiger charge is -2.10. The summed E-state index contributed by atoms with van der Waals surface area (Å²) in [6.07, 6.45) is 3.20. The number of hydrogen-bond acceptors (Lipinski definition) is 5. The molecule has 122 valence electrons. The third kappa shape index (κ3) is 2.96. The van der Waals surface area contributed by atoms with E-state index in [0.29, 0.717) is 34.0 Å². The first-order chi connectivity index (χ1) is 11.6. The molecule has 0 aromatic heterocycles. The third-order valence-electron chi connectivity index (χ3n) is 3.64. The molecule has 5 nitrogen and oxygen atoms in total. The van der Waals surface area contributed by atoms with Gasteiger partial charge in [0.05, 0.1) is 25.4 Å². The Kier molecular flexibility index (Phi) is 4.24. The van der Waals surface area contributed by atoms with Crippen molar-refractivity contribution in [1.82, 2.24) is 0 Å². The van der Waals surface area contributed by atoms with Gasteiger partial charge in [-0.15, -0.1) is 0 Å². The van der Waals surface area contributed by atoms with Gasteiger partial charge in [0.15, 0.2) is 0 Å². The predicted octanol–water partition coefficient (Wildman–Crippen LogP) is 3.39. The summed E-state index contributed by atoms with van der Waals surface area (Å²) >= 11 is 0. The van der Waals surface area contributed by atoms with Crippen LogP contribution in [0, 0.1) is 0 Å². The van der Waals surface area contributed by atoms with Crippen molar-refractivity contribution in [2.24, 2.45) is 0 Å². The number of methoxy groups -OCH3 is 2. The number of carbonyl (C=O) groups excluding carboxylic acids is 1. The molecule has 0 amide bonds. The van der Waals surface area contributed by atoms with E-state index in [1.165, 1.54) is 0 Å². The van der Waals surface area contributed by atoms with E-state index in [4.69, 9.17) is 14.2 Å². The van der Waals surface area contributed by atoms with E-state index in [2.05, 4.69) is 0 Å². The van der Waals surface area contributed by atoms with E-state index in [9.17, 15) is 9.90 Å². The van der Waals surface area contributed by atoms with E-state index in [1.54, 1.807) is 68.8 Å². The zero-order valence-corrected chi connectivity index (χ0v) is 13.3. The average molecular weight is 324 g/mol. The van der Waals surface area contributed by atoms with Gasteiger partial charge in [0.25, 0.3) is 0 Å². The van der Waals surface area contributed by atoms with Crippen LogP contribution in [0.15, 0.2) is 54.1 Å². The second-order valence-corrected chi connectivity index (χ2v) is 5.12. The summed E-state index contributed by atoms with van der Waals surface area (Å²) in [5, 5.41) is 9.84. The Hall–Kier alpha value is -3.21. The molecule has 24 heavy (non-hydrogen) atoms. The summed E-state index contributed by atoms with van der Waals surface area (Å²) in [5.74, 6) is 1.17. The number of carbonyl (C=O) groups is 1. The van der Waals surface area contributed by atoms with Crippen molar-refractivity contribution in [2.75, 3.05) is 14.2 Å². The van der Waals surface area contributed by atoms with E-state index in [1.807, 2.05) is 0 Å². The number of para-hydroxylation sites is 1. The van der Waals surface area contributed by atoms with Crippen molar-refractivity contribution in [2.45, 2.75) is 0 Å². The number of aromatic hydroxyl groups is 1. The summed E-state index contributed by atoms with van der Waals surface area (Å²) < 4.78 is 15.9. The number of ether oxygens (including phenoxy) is 3. The number of esters is 1. The van der Waals surface area contributed by atoms with Crippen LogP contribution in [0.4, 0.5) is 0 Å². The molecular weight excluding hydrogens is 308 g/mol. The van der Waals surface area contributed by atoms with Crippen LogP contribution in [0.5, 0.6) is 17.2 Å². The third-order valence-corrected chi connectivity index (χ3v) is 3.64. The fraction of sp³-hybridized carbons (Fsp3) is 0.105. The molecular formula is C19H16O5. The van der Waals surface area contributed by atoms with Crippen LogP contribution in [0.1, 0.15) is 11.1 Å². The molecule has 0 aliphatic carbocycles. The lowest BCUT2D eigenvalue weighted by Crippen LogP contribution is -1.98. The monoisotopic (exact) mass is 324 g/mol. The summed E-state index contributed by atoms with van der Waals surface area (Å²) in [4.78, 5) is 12.1. The second kappa shape index (κ2) is 6.50. The molecule has 2 aromatic carbocycles. The molecule has 0 fully saturated rings. The Morgan fingerprint density at radius 3 is 2.58 bits per heavy atom. The largest absolute Gasteiger partial charge is 0.507 e. The van der Waals surface area contributed by atoms with Gasteiger partial charge < -0.3 is 19.3 Å². The molecule has 5 heteroatoms. The van der Waals surface area contributed by atoms with Crippen LogP contribution in [-0.4, -0.2) is 25.3 Å². The Morgan fingerprint density at radius 1 is 1.08 bits per heavy atom. The molecule has 0 unspecified atom stereocenters. The maximum Gasteiger partial charge on any atom is 0.343 e. The topological polar surface area (TPSA) is 65.0 Å². The minimum absolute atomic E-state index is 0.0959. The van der Waals surface area contributed by atoms with Crippen LogP contribution in [0.25, 0.3) is 11.8 Å². The molecule has 0 saturated carbocycles. The zero-order valence-electron chi connectivity index (χ0n) is 13.3. The van der Waals surface area contributed by atoms with Gasteiger partial charge in [0.1, 0.15) is 23.0 Å². The highest BCUT2D eigenvalue weighted by Gasteiger charge is 2.24. The fourth-order valence-electron chi connectivity index (χ4n) is 2.41. The quantitative estimate of drug-likeness (QED) is 0.690. The van der Waals surface area contributed by atoms with E-state index in [0.717, 1.165) is 0 Å². The van der Waals surface area contributed by atoms with Gasteiger partial charge >= 0.3 is 5.97 Å². The highest BCUT2D eigenvalue weighted by molar-refractivity contribution is 6.05. The highest BCUT2D eigenvalue weighted by atomic mass is 16.5. The van der Waals surface area contributed by atoms with Crippen LogP contribution in [0.2, 0.25) is 0 Å². The first-order valence-corrected chi connectivity index (χ1v) is 7.28. The van der Waals surface area contributed by atoms with Crippen molar-refractivity contribution in [3.8, 4) is 17.2 Å². The molecule has 2 aromatic rings. The SMILES string of the molecule is COc1ccc(OC)c(C2=C/C(=C/c3ccccc3O)C(=O)O2)c1. The van der Waals surface area contributed by atoms with Gasteiger partial charge in [-0.2, -0.15) is 0 Å². The molecule has 1 aliphatic heterocycles. The van der Waals surface area contributed by atoms with Gasteiger partial charge in [-0.05, 0) is 36.4 Å². The molecule has 0 atom stereocenters. The molecule has 3 rings (SSSR count). The zero-order chi connectivity index (χ0) is 17.1. The molecule has 0 bridgehead atoms. The van der Waals surface area contributed by atoms with Crippen LogP contribution >= 0.6 is 0 Å². The average Bonchev–Trinajstić information content (AvgIpc) is 2.97. The van der Waals surface area contributed by atoms with Crippen molar-refractivity contribution in [3.05, 3.63) is 65.2 Å². The van der Waals surface area contributed by atoms with E-state index in [-0.39, 0.29) is 5.75 Å². The number of benzene rings is 2. The summed E-state index contributed by atoms with van der Waals surface area (Å²) in [7, 11) is 3.10.